The van der Waals surface area contributed by atoms with E-state index in [1.165, 1.54) is 7.05 Å². The van der Waals surface area contributed by atoms with Gasteiger partial charge in [-0.3, -0.25) is 0 Å². The summed E-state index contributed by atoms with van der Waals surface area (Å²) in [5.74, 6) is 0.792. The van der Waals surface area contributed by atoms with E-state index < -0.39 is 108 Å². The molecule has 0 saturated carbocycles. The van der Waals surface area contributed by atoms with Gasteiger partial charge >= 0.3 is 74.1 Å². The lowest BCUT2D eigenvalue weighted by Crippen LogP contribution is -2.84. The molecule has 4 rings (SSSR count). The van der Waals surface area contributed by atoms with Crippen LogP contribution in [0.1, 0.15) is 162 Å². The first kappa shape index (κ1) is 74.3. The molecule has 0 aromatic rings. The smallest absolute Gasteiger partial charge is 0.449 e. The number of hydrogen-bond donors (Lipinski definition) is 2. The first-order chi connectivity index (χ1) is 38.2. The summed E-state index contributed by atoms with van der Waals surface area (Å²) >= 11 is 0. The van der Waals surface area contributed by atoms with E-state index in [1.54, 1.807) is 6.92 Å². The molecule has 5 atom stereocenters. The van der Waals surface area contributed by atoms with Crippen LogP contribution in [0.4, 0.5) is 9.59 Å². The Morgan fingerprint density at radius 1 is 0.549 bits per heavy atom. The van der Waals surface area contributed by atoms with Crippen LogP contribution in [0.2, 0.25) is 61.4 Å². The van der Waals surface area contributed by atoms with Crippen molar-refractivity contribution in [2.24, 2.45) is 46.8 Å². The van der Waals surface area contributed by atoms with Crippen LogP contribution in [0.25, 0.3) is 0 Å². The fraction of sp³-hybridized carbons (Fsp3) is 0.941. The number of nitrogens with one attached hydrogen (secondary N) is 2. The van der Waals surface area contributed by atoms with E-state index in [4.69, 9.17) is 67.7 Å². The summed E-state index contributed by atoms with van der Waals surface area (Å²) in [6.07, 6.45) is 5.16. The van der Waals surface area contributed by atoms with Gasteiger partial charge in [0.1, 0.15) is 19.0 Å². The SMILES string of the molecule is CCC(COCCC[Si](C)(C)O[Si]1(O[SiH2]CC(C)C)O[Si]2(CC(C)C)O[Si]3(CC(C)C)O[SiH2]O[Si]4(CC(C)C)O[Si](CC(C)C)(O3)O[Si](CC(C)C)(O2)O[Si](CC(C)C)(O4)O1)(COC(=O)NC)COC(=O)NCCCCCCCC(C)=O. The van der Waals surface area contributed by atoms with Crippen molar-refractivity contribution in [1.29, 1.82) is 0 Å². The van der Waals surface area contributed by atoms with Crippen molar-refractivity contribution in [3.8, 4) is 0 Å². The normalized spacial score (nSPS) is 29.9. The number of ether oxygens (including phenoxy) is 3. The maximum absolute atomic E-state index is 13.0. The van der Waals surface area contributed by atoms with Crippen LogP contribution in [-0.2, 0) is 72.5 Å². The largest absolute Gasteiger partial charge is 0.642 e. The van der Waals surface area contributed by atoms with E-state index in [1.807, 2.05) is 6.92 Å². The summed E-state index contributed by atoms with van der Waals surface area (Å²) in [6, 6.07) is 3.86. The third-order valence-corrected chi connectivity index (χ3v) is 56.7. The predicted octanol–water partition coefficient (Wildman–Crippen LogP) is 10.4. The van der Waals surface area contributed by atoms with Crippen molar-refractivity contribution in [2.45, 2.75) is 224 Å². The molecule has 4 aliphatic heterocycles. The Morgan fingerprint density at radius 3 is 1.39 bits per heavy atom. The average molecular weight is 1340 g/mol. The van der Waals surface area contributed by atoms with Gasteiger partial charge in [-0.2, -0.15) is 0 Å². The third-order valence-electron chi connectivity index (χ3n) is 14.0. The van der Waals surface area contributed by atoms with Crippen LogP contribution in [0.3, 0.4) is 0 Å². The lowest BCUT2D eigenvalue weighted by Gasteiger charge is -2.60. The number of amides is 2. The number of carbonyl (C=O) groups excluding carboxylic acids is 3. The highest BCUT2D eigenvalue weighted by Crippen LogP contribution is 2.52. The number of unbranched alkanes of at least 4 members (excludes halogenated alkanes) is 4. The third kappa shape index (κ3) is 24.3. The van der Waals surface area contributed by atoms with E-state index in [0.29, 0.717) is 80.6 Å². The molecule has 4 heterocycles. The van der Waals surface area contributed by atoms with Crippen LogP contribution in [0.15, 0.2) is 0 Å². The number of rotatable bonds is 37. The first-order valence-electron chi connectivity index (χ1n) is 31.0. The van der Waals surface area contributed by atoms with Crippen LogP contribution in [0.5, 0.6) is 0 Å². The van der Waals surface area contributed by atoms with Gasteiger partial charge in [0.15, 0.2) is 18.1 Å². The minimum Gasteiger partial charge on any atom is -0.449 e. The fourth-order valence-corrected chi connectivity index (χ4v) is 61.9. The summed E-state index contributed by atoms with van der Waals surface area (Å²) < 4.78 is 118. The van der Waals surface area contributed by atoms with Gasteiger partial charge in [0.2, 0.25) is 0 Å². The number of carbonyl (C=O) groups is 3. The molecule has 2 amide bonds. The Hall–Kier alpha value is -0.181. The van der Waals surface area contributed by atoms with Gasteiger partial charge in [-0.1, -0.05) is 123 Å². The van der Waals surface area contributed by atoms with Gasteiger partial charge in [0.25, 0.3) is 10.0 Å². The lowest BCUT2D eigenvalue weighted by atomic mass is 9.88. The summed E-state index contributed by atoms with van der Waals surface area (Å²) in [5.41, 5.74) is -0.820. The molecule has 82 heavy (non-hydrogen) atoms. The molecular formula is C51H112N2O19Si10. The van der Waals surface area contributed by atoms with Crippen LogP contribution in [0, 0.1) is 46.8 Å². The Morgan fingerprint density at radius 2 is 0.963 bits per heavy atom. The van der Waals surface area contributed by atoms with Crippen molar-refractivity contribution in [1.82, 2.24) is 10.6 Å². The minimum atomic E-state index is -4.54. The molecular weight excluding hydrogens is 1230 g/mol. The topological polar surface area (TPSA) is 223 Å². The zero-order valence-electron chi connectivity index (χ0n) is 54.1. The van der Waals surface area contributed by atoms with Crippen molar-refractivity contribution in [2.75, 3.05) is 40.0 Å². The van der Waals surface area contributed by atoms with Crippen LogP contribution < -0.4 is 10.6 Å². The Balaban J connectivity index is 1.79. The highest BCUT2D eigenvalue weighted by Gasteiger charge is 2.79. The number of hydrogen-bond acceptors (Lipinski definition) is 19. The van der Waals surface area contributed by atoms with Gasteiger partial charge < -0.3 is 83.1 Å². The second-order valence-electron chi connectivity index (χ2n) is 27.0. The van der Waals surface area contributed by atoms with E-state index in [-0.39, 0.29) is 61.1 Å². The molecule has 0 aromatic carbocycles. The van der Waals surface area contributed by atoms with Crippen LogP contribution in [-0.4, -0.2) is 148 Å². The number of Topliss-reactive ketones (excluding diaryl/α,β-unsaturated/α-hetero) is 1. The van der Waals surface area contributed by atoms with Gasteiger partial charge in [-0.15, -0.1) is 0 Å². The van der Waals surface area contributed by atoms with Gasteiger partial charge in [0.05, 0.1) is 12.0 Å². The quantitative estimate of drug-likeness (QED) is 0.0436. The van der Waals surface area contributed by atoms with Crippen molar-refractivity contribution >= 4 is 108 Å². The molecule has 0 aromatic heterocycles. The van der Waals surface area contributed by atoms with E-state index >= 15 is 0 Å². The highest BCUT2D eigenvalue weighted by molar-refractivity contribution is 7.00. The predicted molar refractivity (Wildman–Crippen MR) is 338 cm³/mol. The molecule has 0 radical (unpaired) electrons. The fourth-order valence-electron chi connectivity index (χ4n) is 10.5. The summed E-state index contributed by atoms with van der Waals surface area (Å²) in [5, 5.41) is 5.37. The zero-order chi connectivity index (χ0) is 61.3. The second kappa shape index (κ2) is 33.0. The first-order valence-corrected chi connectivity index (χ1v) is 50.1. The number of alkyl carbamates (subject to hydrolysis) is 2. The summed E-state index contributed by atoms with van der Waals surface area (Å²) in [7, 11) is -33.7. The molecule has 4 fully saturated rings. The molecule has 2 N–H and O–H groups in total. The minimum absolute atomic E-state index is 0.00499. The molecule has 4 aliphatic rings. The van der Waals surface area contributed by atoms with Crippen molar-refractivity contribution < 1.29 is 82.1 Å². The second-order valence-corrected chi connectivity index (χ2v) is 55.5. The molecule has 480 valence electrons. The average Bonchev–Trinajstić information content (AvgIpc) is 3.36. The van der Waals surface area contributed by atoms with Gasteiger partial charge in [-0.25, -0.2) is 9.59 Å². The van der Waals surface area contributed by atoms with E-state index in [9.17, 15) is 14.4 Å². The van der Waals surface area contributed by atoms with Gasteiger partial charge in [-0.05, 0) is 99.2 Å². The van der Waals surface area contributed by atoms with Crippen molar-refractivity contribution in [3.63, 3.8) is 0 Å². The Labute approximate surface area is 508 Å². The summed E-state index contributed by atoms with van der Waals surface area (Å²) in [6.45, 7) is 38.9. The molecule has 4 saturated heterocycles. The highest BCUT2D eigenvalue weighted by atomic mass is 28.6. The number of ketones is 1. The molecule has 21 nitrogen and oxygen atoms in total. The zero-order valence-corrected chi connectivity index (χ0v) is 64.9. The maximum atomic E-state index is 13.0. The molecule has 31 heteroatoms. The number of fused-ring (bicyclic) bond motifs is 4. The Kier molecular flexibility index (Phi) is 29.9. The standard InChI is InChI=1S/C51H112N2O19Si10/c1-20-51(39-58-49(55)52-17,40-59-50(56)53-28-25-23-21-22-24-27-48(16)54)38-57-29-26-30-75(18,19)63-82(60-73-31-41(2)3)71-80(36-46(12)13)66-76(32-42(4)5)61-74-62-77(33-43(6)7)65-78(64-76,34-44(8)9)68-79(69-80,35-45(10)11)70-81(67-77,72-82)37-47(14)15/h41-47H,20-40,73-74H2,1-19H3,(H,52,55)(H,53,56). The Bertz CT molecular complexity index is 1920. The van der Waals surface area contributed by atoms with Crippen LogP contribution >= 0.6 is 0 Å². The van der Waals surface area contributed by atoms with Gasteiger partial charge in [0, 0.05) is 62.9 Å². The van der Waals surface area contributed by atoms with E-state index in [2.05, 4.69) is 121 Å². The summed E-state index contributed by atoms with van der Waals surface area (Å²) in [4.78, 5) is 36.7. The van der Waals surface area contributed by atoms with E-state index in [0.717, 1.165) is 38.1 Å². The molecule has 5 unspecified atom stereocenters. The molecule has 0 aliphatic carbocycles. The molecule has 6 bridgehead atoms. The maximum Gasteiger partial charge on any atom is 0.642 e. The molecule has 0 spiro atoms. The monoisotopic (exact) mass is 1340 g/mol. The lowest BCUT2D eigenvalue weighted by molar-refractivity contribution is -0.117. The van der Waals surface area contributed by atoms with Crippen molar-refractivity contribution in [3.05, 3.63) is 0 Å².